The van der Waals surface area contributed by atoms with Gasteiger partial charge in [-0.25, -0.2) is 9.59 Å². The Balaban J connectivity index is 1.90. The molecule has 1 aromatic carbocycles. The highest BCUT2D eigenvalue weighted by atomic mass is 16.6. The van der Waals surface area contributed by atoms with E-state index in [2.05, 4.69) is 5.32 Å². The number of anilines is 1. The summed E-state index contributed by atoms with van der Waals surface area (Å²) in [5.41, 5.74) is -0.00826. The van der Waals surface area contributed by atoms with Crippen LogP contribution in [-0.2, 0) is 19.0 Å². The molecule has 1 N–H and O–H groups in total. The van der Waals surface area contributed by atoms with Gasteiger partial charge in [0, 0.05) is 18.8 Å². The van der Waals surface area contributed by atoms with E-state index >= 15 is 0 Å². The van der Waals surface area contributed by atoms with Gasteiger partial charge < -0.3 is 19.1 Å². The van der Waals surface area contributed by atoms with Gasteiger partial charge in [-0.05, 0) is 52.8 Å². The van der Waals surface area contributed by atoms with Gasteiger partial charge in [-0.15, -0.1) is 0 Å². The number of carbonyl (C=O) groups excluding carboxylic acids is 3. The first kappa shape index (κ1) is 21.7. The summed E-state index contributed by atoms with van der Waals surface area (Å²) < 4.78 is 15.9. The minimum Gasteiger partial charge on any atom is -0.452 e. The number of morpholine rings is 1. The van der Waals surface area contributed by atoms with Gasteiger partial charge in [0.25, 0.3) is 5.91 Å². The Labute approximate surface area is 165 Å². The summed E-state index contributed by atoms with van der Waals surface area (Å²) in [7, 11) is 0. The highest BCUT2D eigenvalue weighted by Gasteiger charge is 2.26. The molecule has 0 saturated carbocycles. The zero-order chi connectivity index (χ0) is 20.9. The van der Waals surface area contributed by atoms with Crippen LogP contribution in [0.3, 0.4) is 0 Å². The molecule has 154 valence electrons. The molecular formula is C20H28N2O6. The number of hydrogen-bond acceptors (Lipinski definition) is 6. The van der Waals surface area contributed by atoms with Gasteiger partial charge in [0.2, 0.25) is 0 Å². The Morgan fingerprint density at radius 1 is 1.18 bits per heavy atom. The Hall–Kier alpha value is -2.61. The summed E-state index contributed by atoms with van der Waals surface area (Å²) in [4.78, 5) is 38.0. The topological polar surface area (TPSA) is 94.2 Å². The maximum Gasteiger partial charge on any atom is 0.412 e. The minimum atomic E-state index is -0.643. The molecule has 28 heavy (non-hydrogen) atoms. The first-order chi connectivity index (χ1) is 13.0. The molecule has 1 saturated heterocycles. The van der Waals surface area contributed by atoms with Crippen LogP contribution < -0.4 is 5.32 Å². The summed E-state index contributed by atoms with van der Waals surface area (Å²) in [6.07, 6.45) is -0.734. The number of benzene rings is 1. The Morgan fingerprint density at radius 2 is 1.82 bits per heavy atom. The summed E-state index contributed by atoms with van der Waals surface area (Å²) >= 11 is 0. The second kappa shape index (κ2) is 9.05. The maximum atomic E-state index is 12.3. The van der Waals surface area contributed by atoms with E-state index in [0.29, 0.717) is 18.8 Å². The third-order valence-electron chi connectivity index (χ3n) is 3.84. The van der Waals surface area contributed by atoms with Crippen LogP contribution in [0.25, 0.3) is 0 Å². The molecule has 1 aliphatic heterocycles. The lowest BCUT2D eigenvalue weighted by atomic mass is 10.2. The van der Waals surface area contributed by atoms with Gasteiger partial charge in [-0.1, -0.05) is 6.07 Å². The number of ether oxygens (including phenoxy) is 3. The molecule has 2 atom stereocenters. The van der Waals surface area contributed by atoms with Crippen LogP contribution in [0.2, 0.25) is 0 Å². The molecule has 1 heterocycles. The molecule has 8 nitrogen and oxygen atoms in total. The van der Waals surface area contributed by atoms with Crippen LogP contribution in [0, 0.1) is 0 Å². The Morgan fingerprint density at radius 3 is 2.43 bits per heavy atom. The highest BCUT2D eigenvalue weighted by molar-refractivity contribution is 5.93. The lowest BCUT2D eigenvalue weighted by Crippen LogP contribution is -2.49. The van der Waals surface area contributed by atoms with Crippen molar-refractivity contribution < 1.29 is 28.6 Å². The van der Waals surface area contributed by atoms with Gasteiger partial charge in [0.15, 0.2) is 6.61 Å². The third kappa shape index (κ3) is 6.84. The third-order valence-corrected chi connectivity index (χ3v) is 3.84. The fourth-order valence-corrected chi connectivity index (χ4v) is 2.83. The molecule has 0 bridgehead atoms. The standard InChI is InChI=1S/C20H28N2O6/c1-13-10-22(11-14(2)27-13)17(23)12-26-18(24)15-7-6-8-16(9-15)21-19(25)28-20(3,4)5/h6-9,13-14H,10-12H2,1-5H3,(H,21,25)/t13-,14-/m0/s1. The minimum absolute atomic E-state index is 0.0565. The van der Waals surface area contributed by atoms with E-state index in [9.17, 15) is 14.4 Å². The predicted octanol–water partition coefficient (Wildman–Crippen LogP) is 2.83. The number of nitrogens with zero attached hydrogens (tertiary/aromatic N) is 1. The summed E-state index contributed by atoms with van der Waals surface area (Å²) in [5.74, 6) is -0.908. The average molecular weight is 392 g/mol. The SMILES string of the molecule is C[C@H]1CN(C(=O)COC(=O)c2cccc(NC(=O)OC(C)(C)C)c2)C[C@H](C)O1. The zero-order valence-corrected chi connectivity index (χ0v) is 17.0. The number of hydrogen-bond donors (Lipinski definition) is 1. The summed E-state index contributed by atoms with van der Waals surface area (Å²) in [5, 5.41) is 2.56. The number of rotatable bonds is 4. The molecule has 2 amide bonds. The van der Waals surface area contributed by atoms with Crippen molar-refractivity contribution in [3.05, 3.63) is 29.8 Å². The van der Waals surface area contributed by atoms with Crippen molar-refractivity contribution >= 4 is 23.7 Å². The Bertz CT molecular complexity index is 718. The van der Waals surface area contributed by atoms with Gasteiger partial charge >= 0.3 is 12.1 Å². The molecule has 1 aliphatic rings. The molecule has 8 heteroatoms. The smallest absolute Gasteiger partial charge is 0.412 e. The normalized spacial score (nSPS) is 19.7. The molecule has 0 aromatic heterocycles. The lowest BCUT2D eigenvalue weighted by molar-refractivity contribution is -0.146. The quantitative estimate of drug-likeness (QED) is 0.792. The van der Waals surface area contributed by atoms with E-state index in [4.69, 9.17) is 14.2 Å². The number of nitrogens with one attached hydrogen (secondary N) is 1. The van der Waals surface area contributed by atoms with Crippen molar-refractivity contribution in [1.82, 2.24) is 4.90 Å². The second-order valence-corrected chi connectivity index (χ2v) is 7.84. The van der Waals surface area contributed by atoms with Crippen molar-refractivity contribution in [2.24, 2.45) is 0 Å². The lowest BCUT2D eigenvalue weighted by Gasteiger charge is -2.35. The van der Waals surface area contributed by atoms with Crippen molar-refractivity contribution in [3.63, 3.8) is 0 Å². The largest absolute Gasteiger partial charge is 0.452 e. The molecule has 0 radical (unpaired) electrons. The van der Waals surface area contributed by atoms with Crippen LogP contribution in [0.1, 0.15) is 45.0 Å². The summed E-state index contributed by atoms with van der Waals surface area (Å²) in [6, 6.07) is 6.25. The van der Waals surface area contributed by atoms with Crippen molar-refractivity contribution in [3.8, 4) is 0 Å². The van der Waals surface area contributed by atoms with E-state index in [-0.39, 0.29) is 30.3 Å². The first-order valence-electron chi connectivity index (χ1n) is 9.24. The van der Waals surface area contributed by atoms with Crippen molar-refractivity contribution in [2.45, 2.75) is 52.4 Å². The van der Waals surface area contributed by atoms with E-state index < -0.39 is 17.7 Å². The van der Waals surface area contributed by atoms with Gasteiger partial charge in [0.1, 0.15) is 5.60 Å². The fourth-order valence-electron chi connectivity index (χ4n) is 2.83. The number of esters is 1. The van der Waals surface area contributed by atoms with Gasteiger partial charge in [-0.2, -0.15) is 0 Å². The van der Waals surface area contributed by atoms with Crippen molar-refractivity contribution in [2.75, 3.05) is 25.0 Å². The molecular weight excluding hydrogens is 364 g/mol. The predicted molar refractivity (Wildman–Crippen MR) is 103 cm³/mol. The van der Waals surface area contributed by atoms with Crippen LogP contribution >= 0.6 is 0 Å². The molecule has 0 spiro atoms. The van der Waals surface area contributed by atoms with E-state index in [1.165, 1.54) is 6.07 Å². The van der Waals surface area contributed by atoms with E-state index in [1.54, 1.807) is 43.9 Å². The fraction of sp³-hybridized carbons (Fsp3) is 0.550. The van der Waals surface area contributed by atoms with Crippen LogP contribution in [0.5, 0.6) is 0 Å². The molecule has 1 fully saturated rings. The second-order valence-electron chi connectivity index (χ2n) is 7.84. The monoisotopic (exact) mass is 392 g/mol. The van der Waals surface area contributed by atoms with E-state index in [0.717, 1.165) is 0 Å². The molecule has 2 rings (SSSR count). The highest BCUT2D eigenvalue weighted by Crippen LogP contribution is 2.15. The first-order valence-corrected chi connectivity index (χ1v) is 9.24. The summed E-state index contributed by atoms with van der Waals surface area (Å²) in [6.45, 7) is 9.65. The van der Waals surface area contributed by atoms with Crippen LogP contribution in [0.4, 0.5) is 10.5 Å². The number of carbonyl (C=O) groups is 3. The zero-order valence-electron chi connectivity index (χ0n) is 17.0. The maximum absolute atomic E-state index is 12.3. The van der Waals surface area contributed by atoms with Crippen LogP contribution in [0.15, 0.2) is 24.3 Å². The molecule has 0 aliphatic carbocycles. The molecule has 1 aromatic rings. The number of amides is 2. The average Bonchev–Trinajstić information content (AvgIpc) is 2.57. The van der Waals surface area contributed by atoms with Gasteiger partial charge in [0.05, 0.1) is 17.8 Å². The van der Waals surface area contributed by atoms with Gasteiger partial charge in [-0.3, -0.25) is 10.1 Å². The Kier molecular flexibility index (Phi) is 7.01. The van der Waals surface area contributed by atoms with Crippen LogP contribution in [-0.4, -0.2) is 60.4 Å². The van der Waals surface area contributed by atoms with E-state index in [1.807, 2.05) is 13.8 Å². The molecule has 0 unspecified atom stereocenters. The van der Waals surface area contributed by atoms with Crippen molar-refractivity contribution in [1.29, 1.82) is 0 Å².